The lowest BCUT2D eigenvalue weighted by Crippen LogP contribution is -2.29. The summed E-state index contributed by atoms with van der Waals surface area (Å²) in [5.41, 5.74) is 4.87. The number of carbonyl (C=O) groups excluding carboxylic acids is 1. The largest absolute Gasteiger partial charge is 0.390 e. The normalized spacial score (nSPS) is 32.0. The van der Waals surface area contributed by atoms with Crippen LogP contribution in [-0.2, 0) is 4.79 Å². The van der Waals surface area contributed by atoms with E-state index in [1.807, 2.05) is 6.92 Å². The Labute approximate surface area is 124 Å². The monoisotopic (exact) mass is 283 g/mol. The van der Waals surface area contributed by atoms with Crippen molar-refractivity contribution in [3.05, 3.63) is 0 Å². The molecule has 0 aromatic rings. The summed E-state index contributed by atoms with van der Waals surface area (Å²) < 4.78 is 0. The van der Waals surface area contributed by atoms with Gasteiger partial charge in [-0.25, -0.2) is 0 Å². The van der Waals surface area contributed by atoms with Crippen LogP contribution in [0.2, 0.25) is 0 Å². The van der Waals surface area contributed by atoms with Gasteiger partial charge in [-0.15, -0.1) is 0 Å². The van der Waals surface area contributed by atoms with Crippen LogP contribution in [0, 0.1) is 5.92 Å². The predicted octanol–water partition coefficient (Wildman–Crippen LogP) is 3.92. The summed E-state index contributed by atoms with van der Waals surface area (Å²) in [5.74, 6) is -0.239. The smallest absolute Gasteiger partial charge is 0.220 e. The summed E-state index contributed by atoms with van der Waals surface area (Å²) in [5, 5.41) is 10.4. The number of amides is 1. The molecule has 2 atom stereocenters. The van der Waals surface area contributed by atoms with Crippen LogP contribution in [0.3, 0.4) is 0 Å². The Morgan fingerprint density at radius 1 is 0.900 bits per heavy atom. The summed E-state index contributed by atoms with van der Waals surface area (Å²) >= 11 is 0. The Hall–Kier alpha value is -0.570. The molecule has 1 aliphatic carbocycles. The van der Waals surface area contributed by atoms with Gasteiger partial charge in [-0.3, -0.25) is 4.79 Å². The van der Waals surface area contributed by atoms with Crippen molar-refractivity contribution in [1.29, 1.82) is 0 Å². The molecule has 0 saturated heterocycles. The molecule has 118 valence electrons. The first-order valence-corrected chi connectivity index (χ1v) is 8.53. The van der Waals surface area contributed by atoms with Gasteiger partial charge in [0, 0.05) is 5.92 Å². The number of hydrogen-bond donors (Lipinski definition) is 2. The van der Waals surface area contributed by atoms with E-state index in [1.54, 1.807) is 0 Å². The van der Waals surface area contributed by atoms with Crippen LogP contribution in [-0.4, -0.2) is 16.6 Å². The highest BCUT2D eigenvalue weighted by molar-refractivity contribution is 5.76. The molecule has 1 aliphatic rings. The van der Waals surface area contributed by atoms with E-state index in [2.05, 4.69) is 0 Å². The van der Waals surface area contributed by atoms with E-state index in [0.29, 0.717) is 6.42 Å². The predicted molar refractivity (Wildman–Crippen MR) is 83.3 cm³/mol. The fourth-order valence-corrected chi connectivity index (χ4v) is 3.17. The van der Waals surface area contributed by atoms with E-state index < -0.39 is 5.60 Å². The molecule has 20 heavy (non-hydrogen) atoms. The SMILES string of the molecule is CC1(O)CCCCCCCCCCCC(C(N)=O)CC1. The molecule has 3 heteroatoms. The Kier molecular flexibility index (Phi) is 8.20. The highest BCUT2D eigenvalue weighted by Gasteiger charge is 2.24. The Morgan fingerprint density at radius 3 is 1.95 bits per heavy atom. The van der Waals surface area contributed by atoms with Crippen molar-refractivity contribution >= 4 is 5.91 Å². The van der Waals surface area contributed by atoms with Crippen LogP contribution >= 0.6 is 0 Å². The van der Waals surface area contributed by atoms with E-state index in [9.17, 15) is 9.90 Å². The van der Waals surface area contributed by atoms with Crippen molar-refractivity contribution in [2.24, 2.45) is 11.7 Å². The van der Waals surface area contributed by atoms with Gasteiger partial charge in [-0.1, -0.05) is 57.8 Å². The zero-order chi connectivity index (χ0) is 14.8. The number of nitrogens with two attached hydrogens (primary N) is 1. The fourth-order valence-electron chi connectivity index (χ4n) is 3.17. The molecule has 3 N–H and O–H groups in total. The molecule has 0 aromatic carbocycles. The van der Waals surface area contributed by atoms with Gasteiger partial charge in [-0.2, -0.15) is 0 Å². The minimum Gasteiger partial charge on any atom is -0.390 e. The van der Waals surface area contributed by atoms with Crippen molar-refractivity contribution in [2.45, 2.75) is 96.0 Å². The third-order valence-corrected chi connectivity index (χ3v) is 4.70. The zero-order valence-corrected chi connectivity index (χ0v) is 13.2. The minimum atomic E-state index is -0.631. The van der Waals surface area contributed by atoms with E-state index in [1.165, 1.54) is 44.9 Å². The van der Waals surface area contributed by atoms with Gasteiger partial charge in [0.25, 0.3) is 0 Å². The number of hydrogen-bond acceptors (Lipinski definition) is 2. The molecule has 1 saturated carbocycles. The van der Waals surface area contributed by atoms with E-state index in [0.717, 1.165) is 32.1 Å². The summed E-state index contributed by atoms with van der Waals surface area (Å²) in [7, 11) is 0. The van der Waals surface area contributed by atoms with Crippen LogP contribution < -0.4 is 5.73 Å². The Balaban J connectivity index is 2.48. The van der Waals surface area contributed by atoms with Gasteiger partial charge in [0.1, 0.15) is 0 Å². The van der Waals surface area contributed by atoms with Crippen molar-refractivity contribution in [3.8, 4) is 0 Å². The third-order valence-electron chi connectivity index (χ3n) is 4.70. The minimum absolute atomic E-state index is 0.0494. The molecule has 0 radical (unpaired) electrons. The van der Waals surface area contributed by atoms with Crippen molar-refractivity contribution in [3.63, 3.8) is 0 Å². The van der Waals surface area contributed by atoms with Gasteiger partial charge in [-0.05, 0) is 32.6 Å². The average molecular weight is 283 g/mol. The van der Waals surface area contributed by atoms with Crippen LogP contribution in [0.15, 0.2) is 0 Å². The highest BCUT2D eigenvalue weighted by atomic mass is 16.3. The maximum absolute atomic E-state index is 11.5. The standard InChI is InChI=1S/C17H33NO2/c1-17(20)13-10-8-6-4-2-3-5-7-9-11-15(12-14-17)16(18)19/h15,20H,2-14H2,1H3,(H2,18,19). The van der Waals surface area contributed by atoms with Crippen molar-refractivity contribution < 1.29 is 9.90 Å². The second kappa shape index (κ2) is 9.38. The maximum atomic E-state index is 11.5. The van der Waals surface area contributed by atoms with Gasteiger partial charge in [0.05, 0.1) is 5.60 Å². The average Bonchev–Trinajstić information content (AvgIpc) is 2.38. The first-order chi connectivity index (χ1) is 9.51. The Morgan fingerprint density at radius 2 is 1.40 bits per heavy atom. The van der Waals surface area contributed by atoms with Gasteiger partial charge < -0.3 is 10.8 Å². The zero-order valence-electron chi connectivity index (χ0n) is 13.2. The lowest BCUT2D eigenvalue weighted by Gasteiger charge is -2.25. The molecule has 1 rings (SSSR count). The van der Waals surface area contributed by atoms with Crippen LogP contribution in [0.25, 0.3) is 0 Å². The quantitative estimate of drug-likeness (QED) is 0.766. The van der Waals surface area contributed by atoms with Gasteiger partial charge in [0.2, 0.25) is 5.91 Å². The van der Waals surface area contributed by atoms with Crippen molar-refractivity contribution in [1.82, 2.24) is 0 Å². The molecule has 0 bridgehead atoms. The molecule has 2 unspecified atom stereocenters. The van der Waals surface area contributed by atoms with Crippen LogP contribution in [0.1, 0.15) is 90.4 Å². The first-order valence-electron chi connectivity index (χ1n) is 8.53. The van der Waals surface area contributed by atoms with E-state index in [4.69, 9.17) is 5.73 Å². The summed E-state index contributed by atoms with van der Waals surface area (Å²) in [6, 6.07) is 0. The molecular formula is C17H33NO2. The van der Waals surface area contributed by atoms with Crippen molar-refractivity contribution in [2.75, 3.05) is 0 Å². The van der Waals surface area contributed by atoms with Crippen LogP contribution in [0.4, 0.5) is 0 Å². The maximum Gasteiger partial charge on any atom is 0.220 e. The van der Waals surface area contributed by atoms with Gasteiger partial charge in [0.15, 0.2) is 0 Å². The molecule has 0 spiro atoms. The summed E-state index contributed by atoms with van der Waals surface area (Å²) in [6.07, 6.45) is 14.3. The van der Waals surface area contributed by atoms with Gasteiger partial charge >= 0.3 is 0 Å². The fraction of sp³-hybridized carbons (Fsp3) is 0.941. The molecule has 0 aromatic heterocycles. The van der Waals surface area contributed by atoms with E-state index in [-0.39, 0.29) is 11.8 Å². The van der Waals surface area contributed by atoms with Crippen LogP contribution in [0.5, 0.6) is 0 Å². The third kappa shape index (κ3) is 7.88. The molecular weight excluding hydrogens is 250 g/mol. The highest BCUT2D eigenvalue weighted by Crippen LogP contribution is 2.26. The molecule has 1 fully saturated rings. The summed E-state index contributed by atoms with van der Waals surface area (Å²) in [4.78, 5) is 11.5. The molecule has 0 aliphatic heterocycles. The molecule has 3 nitrogen and oxygen atoms in total. The number of carbonyl (C=O) groups is 1. The summed E-state index contributed by atoms with van der Waals surface area (Å²) in [6.45, 7) is 1.91. The van der Waals surface area contributed by atoms with E-state index >= 15 is 0 Å². The molecule has 1 amide bonds. The number of primary amides is 1. The lowest BCUT2D eigenvalue weighted by molar-refractivity contribution is -0.122. The second-order valence-electron chi connectivity index (χ2n) is 6.86. The second-order valence-corrected chi connectivity index (χ2v) is 6.86. The Bertz CT molecular complexity index is 276. The molecule has 0 heterocycles. The number of rotatable bonds is 1. The lowest BCUT2D eigenvalue weighted by atomic mass is 9.87. The first kappa shape index (κ1) is 17.5. The number of aliphatic hydroxyl groups is 1. The topological polar surface area (TPSA) is 63.3 Å².